The van der Waals surface area contributed by atoms with E-state index in [0.29, 0.717) is 6.26 Å². The SMILES string of the molecule is CS(=O)(=O)F.Cl.c1ccccc1. The maximum Gasteiger partial charge on any atom is 0.299 e. The van der Waals surface area contributed by atoms with Crippen LogP contribution in [0.15, 0.2) is 36.4 Å². The summed E-state index contributed by atoms with van der Waals surface area (Å²) in [6, 6.07) is 12.0. The Morgan fingerprint density at radius 2 is 1.00 bits per heavy atom. The quantitative estimate of drug-likeness (QED) is 0.617. The van der Waals surface area contributed by atoms with Crippen molar-refractivity contribution < 1.29 is 12.3 Å². The third-order valence-electron chi connectivity index (χ3n) is 0.667. The van der Waals surface area contributed by atoms with Crippen LogP contribution in [-0.2, 0) is 10.2 Å². The summed E-state index contributed by atoms with van der Waals surface area (Å²) < 4.78 is 28.6. The summed E-state index contributed by atoms with van der Waals surface area (Å²) in [4.78, 5) is 0. The molecule has 0 N–H and O–H groups in total. The lowest BCUT2D eigenvalue weighted by Crippen LogP contribution is -1.78. The monoisotopic (exact) mass is 212 g/mol. The van der Waals surface area contributed by atoms with E-state index >= 15 is 0 Å². The number of rotatable bonds is 0. The Bertz CT molecular complexity index is 238. The van der Waals surface area contributed by atoms with Gasteiger partial charge in [-0.25, -0.2) is 0 Å². The lowest BCUT2D eigenvalue weighted by atomic mass is 10.4. The lowest BCUT2D eigenvalue weighted by molar-refractivity contribution is 0.559. The molecule has 70 valence electrons. The molecule has 0 fully saturated rings. The van der Waals surface area contributed by atoms with Crippen LogP contribution >= 0.6 is 12.4 Å². The maximum absolute atomic E-state index is 10.7. The summed E-state index contributed by atoms with van der Waals surface area (Å²) in [7, 11) is -4.17. The minimum Gasteiger partial charge on any atom is -0.195 e. The first-order chi connectivity index (χ1) is 5.00. The van der Waals surface area contributed by atoms with Crippen LogP contribution in [0.1, 0.15) is 0 Å². The van der Waals surface area contributed by atoms with Gasteiger partial charge in [-0.05, 0) is 0 Å². The van der Waals surface area contributed by atoms with Crippen molar-refractivity contribution in [2.75, 3.05) is 6.26 Å². The van der Waals surface area contributed by atoms with Gasteiger partial charge in [-0.3, -0.25) is 0 Å². The fourth-order valence-corrected chi connectivity index (χ4v) is 0.385. The van der Waals surface area contributed by atoms with Crippen molar-refractivity contribution in [1.82, 2.24) is 0 Å². The fourth-order valence-electron chi connectivity index (χ4n) is 0.385. The first kappa shape index (κ1) is 13.9. The molecule has 0 unspecified atom stereocenters. The minimum absolute atomic E-state index is 0. The lowest BCUT2D eigenvalue weighted by Gasteiger charge is -1.69. The van der Waals surface area contributed by atoms with E-state index in [1.165, 1.54) is 0 Å². The molecule has 0 radical (unpaired) electrons. The summed E-state index contributed by atoms with van der Waals surface area (Å²) in [5.41, 5.74) is 0. The minimum atomic E-state index is -4.17. The van der Waals surface area contributed by atoms with Gasteiger partial charge in [-0.15, -0.1) is 16.3 Å². The second-order valence-corrected chi connectivity index (χ2v) is 3.20. The molecule has 0 spiro atoms. The molecular weight excluding hydrogens is 203 g/mol. The van der Waals surface area contributed by atoms with E-state index in [2.05, 4.69) is 0 Å². The first-order valence-corrected chi connectivity index (χ1v) is 4.69. The van der Waals surface area contributed by atoms with Crippen LogP contribution in [0.3, 0.4) is 0 Å². The van der Waals surface area contributed by atoms with E-state index < -0.39 is 10.2 Å². The van der Waals surface area contributed by atoms with Gasteiger partial charge in [0.25, 0.3) is 10.2 Å². The normalized spacial score (nSPS) is 8.83. The van der Waals surface area contributed by atoms with Crippen LogP contribution < -0.4 is 0 Å². The van der Waals surface area contributed by atoms with Gasteiger partial charge in [0.05, 0.1) is 6.26 Å². The standard InChI is InChI=1S/C6H6.CH3FO2S.ClH/c1-2-4-6-5-3-1;1-5(2,3)4;/h1-6H;1H3;1H. The Labute approximate surface area is 78.0 Å². The van der Waals surface area contributed by atoms with Crippen molar-refractivity contribution in [3.05, 3.63) is 36.4 Å². The molecule has 5 heteroatoms. The third kappa shape index (κ3) is 22.8. The highest BCUT2D eigenvalue weighted by atomic mass is 35.5. The smallest absolute Gasteiger partial charge is 0.195 e. The van der Waals surface area contributed by atoms with Gasteiger partial charge in [0.1, 0.15) is 0 Å². The van der Waals surface area contributed by atoms with Gasteiger partial charge in [0.15, 0.2) is 0 Å². The molecule has 0 saturated heterocycles. The summed E-state index contributed by atoms with van der Waals surface area (Å²) in [6.45, 7) is 0. The molecule has 1 rings (SSSR count). The van der Waals surface area contributed by atoms with Gasteiger partial charge in [-0.1, -0.05) is 36.4 Å². The van der Waals surface area contributed by atoms with E-state index in [1.807, 2.05) is 36.4 Å². The van der Waals surface area contributed by atoms with E-state index in [4.69, 9.17) is 8.42 Å². The molecule has 0 bridgehead atoms. The van der Waals surface area contributed by atoms with Crippen molar-refractivity contribution >= 4 is 22.6 Å². The maximum atomic E-state index is 10.7. The number of hydrogen-bond donors (Lipinski definition) is 0. The second kappa shape index (κ2) is 7.06. The van der Waals surface area contributed by atoms with E-state index in [-0.39, 0.29) is 12.4 Å². The van der Waals surface area contributed by atoms with Gasteiger partial charge < -0.3 is 0 Å². The average molecular weight is 213 g/mol. The fraction of sp³-hybridized carbons (Fsp3) is 0.143. The van der Waals surface area contributed by atoms with Gasteiger partial charge in [0.2, 0.25) is 0 Å². The zero-order valence-corrected chi connectivity index (χ0v) is 8.11. The number of hydrogen-bond acceptors (Lipinski definition) is 2. The summed E-state index contributed by atoms with van der Waals surface area (Å²) in [5.74, 6) is 0. The van der Waals surface area contributed by atoms with Gasteiger partial charge in [0, 0.05) is 0 Å². The highest BCUT2D eigenvalue weighted by molar-refractivity contribution is 7.85. The predicted molar refractivity (Wildman–Crippen MR) is 49.6 cm³/mol. The molecule has 0 aromatic heterocycles. The average Bonchev–Trinajstić information content (AvgIpc) is 1.88. The summed E-state index contributed by atoms with van der Waals surface area (Å²) in [5, 5.41) is 0. The van der Waals surface area contributed by atoms with Gasteiger partial charge >= 0.3 is 0 Å². The molecule has 0 atom stereocenters. The Hall–Kier alpha value is -0.610. The van der Waals surface area contributed by atoms with Crippen LogP contribution in [-0.4, -0.2) is 14.7 Å². The summed E-state index contributed by atoms with van der Waals surface area (Å²) in [6.07, 6.45) is 0.493. The highest BCUT2D eigenvalue weighted by Crippen LogP contribution is 1.79. The molecule has 0 saturated carbocycles. The predicted octanol–water partition coefficient (Wildman–Crippen LogP) is 2.02. The second-order valence-electron chi connectivity index (χ2n) is 1.84. The van der Waals surface area contributed by atoms with Crippen molar-refractivity contribution in [3.63, 3.8) is 0 Å². The summed E-state index contributed by atoms with van der Waals surface area (Å²) >= 11 is 0. The molecule has 0 aliphatic rings. The van der Waals surface area contributed by atoms with E-state index in [9.17, 15) is 3.89 Å². The topological polar surface area (TPSA) is 34.1 Å². The zero-order valence-electron chi connectivity index (χ0n) is 6.48. The van der Waals surface area contributed by atoms with E-state index in [0.717, 1.165) is 0 Å². The Morgan fingerprint density at radius 1 is 0.917 bits per heavy atom. The van der Waals surface area contributed by atoms with Crippen LogP contribution in [0.2, 0.25) is 0 Å². The number of halogens is 2. The largest absolute Gasteiger partial charge is 0.299 e. The zero-order chi connectivity index (χ0) is 8.74. The van der Waals surface area contributed by atoms with Crippen LogP contribution in [0.4, 0.5) is 3.89 Å². The van der Waals surface area contributed by atoms with Gasteiger partial charge in [-0.2, -0.15) is 8.42 Å². The molecule has 0 aliphatic heterocycles. The third-order valence-corrected chi connectivity index (χ3v) is 0.667. The van der Waals surface area contributed by atoms with Crippen LogP contribution in [0.5, 0.6) is 0 Å². The molecule has 1 aromatic carbocycles. The molecule has 0 heterocycles. The molecule has 0 amide bonds. The molecular formula is C7H10ClFO2S. The van der Waals surface area contributed by atoms with Crippen LogP contribution in [0.25, 0.3) is 0 Å². The Morgan fingerprint density at radius 3 is 1.08 bits per heavy atom. The molecule has 1 aromatic rings. The van der Waals surface area contributed by atoms with Crippen molar-refractivity contribution in [2.24, 2.45) is 0 Å². The molecule has 12 heavy (non-hydrogen) atoms. The Balaban J connectivity index is 0. The van der Waals surface area contributed by atoms with Crippen molar-refractivity contribution in [1.29, 1.82) is 0 Å². The van der Waals surface area contributed by atoms with Crippen molar-refractivity contribution in [3.8, 4) is 0 Å². The van der Waals surface area contributed by atoms with Crippen LogP contribution in [0, 0.1) is 0 Å². The molecule has 0 aliphatic carbocycles. The van der Waals surface area contributed by atoms with E-state index in [1.54, 1.807) is 0 Å². The highest BCUT2D eigenvalue weighted by Gasteiger charge is 1.86. The molecule has 2 nitrogen and oxygen atoms in total. The first-order valence-electron chi connectivity index (χ1n) is 2.90. The van der Waals surface area contributed by atoms with Crippen molar-refractivity contribution in [2.45, 2.75) is 0 Å². The Kier molecular flexibility index (Phi) is 8.21. The number of benzene rings is 1.